The molecule has 1 unspecified atom stereocenters. The molecule has 3 aromatic rings. The molecule has 0 aliphatic heterocycles. The molecule has 0 saturated carbocycles. The summed E-state index contributed by atoms with van der Waals surface area (Å²) in [6, 6.07) is 25.7. The molecule has 0 N–H and O–H groups in total. The van der Waals surface area contributed by atoms with Gasteiger partial charge in [-0.25, -0.2) is 0 Å². The largest absolute Gasteiger partial charge is 0.294 e. The molecule has 1 atom stereocenters. The lowest BCUT2D eigenvalue weighted by Gasteiger charge is -2.16. The van der Waals surface area contributed by atoms with E-state index in [2.05, 4.69) is 0 Å². The van der Waals surface area contributed by atoms with Crippen molar-refractivity contribution in [2.45, 2.75) is 12.8 Å². The number of hydrogen-bond acceptors (Lipinski definition) is 2. The second kappa shape index (κ2) is 8.59. The number of benzene rings is 3. The van der Waals surface area contributed by atoms with Crippen LogP contribution in [0.3, 0.4) is 0 Å². The van der Waals surface area contributed by atoms with Crippen molar-refractivity contribution in [1.82, 2.24) is 0 Å². The molecule has 130 valence electrons. The summed E-state index contributed by atoms with van der Waals surface area (Å²) in [5.41, 5.74) is 2.26. The maximum atomic E-state index is 13.0. The van der Waals surface area contributed by atoms with Crippen LogP contribution in [0.1, 0.15) is 32.7 Å². The fourth-order valence-electron chi connectivity index (χ4n) is 2.97. The van der Waals surface area contributed by atoms with E-state index in [1.807, 2.05) is 48.5 Å². The summed E-state index contributed by atoms with van der Waals surface area (Å²) < 4.78 is 0. The zero-order chi connectivity index (χ0) is 18.4. The Morgan fingerprint density at radius 2 is 1.27 bits per heavy atom. The van der Waals surface area contributed by atoms with E-state index >= 15 is 0 Å². The number of rotatable bonds is 7. The summed E-state index contributed by atoms with van der Waals surface area (Å²) in [7, 11) is 0. The Kier molecular flexibility index (Phi) is 5.98. The normalized spacial score (nSPS) is 11.7. The van der Waals surface area contributed by atoms with Crippen molar-refractivity contribution in [1.29, 1.82) is 0 Å². The first-order valence-corrected chi connectivity index (χ1v) is 8.93. The summed E-state index contributed by atoms with van der Waals surface area (Å²) in [5, 5.41) is 0.653. The molecule has 2 nitrogen and oxygen atoms in total. The van der Waals surface area contributed by atoms with Gasteiger partial charge in [-0.05, 0) is 24.1 Å². The van der Waals surface area contributed by atoms with Crippen LogP contribution in [0.15, 0.2) is 84.9 Å². The molecule has 0 bridgehead atoms. The third kappa shape index (κ3) is 4.68. The van der Waals surface area contributed by atoms with Gasteiger partial charge in [-0.15, -0.1) is 0 Å². The number of carbonyl (C=O) groups is 2. The van der Waals surface area contributed by atoms with E-state index in [4.69, 9.17) is 11.6 Å². The molecule has 26 heavy (non-hydrogen) atoms. The first-order chi connectivity index (χ1) is 12.6. The minimum atomic E-state index is -0.411. The number of halogens is 1. The Bertz CT molecular complexity index is 871. The van der Waals surface area contributed by atoms with E-state index in [9.17, 15) is 9.59 Å². The lowest BCUT2D eigenvalue weighted by atomic mass is 9.86. The van der Waals surface area contributed by atoms with Crippen molar-refractivity contribution in [3.63, 3.8) is 0 Å². The van der Waals surface area contributed by atoms with Crippen molar-refractivity contribution in [3.8, 4) is 0 Å². The predicted molar refractivity (Wildman–Crippen MR) is 105 cm³/mol. The van der Waals surface area contributed by atoms with Crippen molar-refractivity contribution >= 4 is 23.2 Å². The smallest absolute Gasteiger partial charge is 0.166 e. The van der Waals surface area contributed by atoms with Gasteiger partial charge in [0.05, 0.1) is 0 Å². The summed E-state index contributed by atoms with van der Waals surface area (Å²) in [5.74, 6) is -0.440. The Hall–Kier alpha value is -2.71. The molecular formula is C23H19ClO2. The van der Waals surface area contributed by atoms with Crippen LogP contribution in [-0.2, 0) is 6.42 Å². The molecule has 0 saturated heterocycles. The molecule has 0 aliphatic rings. The van der Waals surface area contributed by atoms with E-state index < -0.39 is 5.92 Å². The zero-order valence-electron chi connectivity index (χ0n) is 14.3. The standard InChI is InChI=1S/C23H19ClO2/c24-21-13-11-17(12-14-21)15-20(23(26)19-9-5-2-6-10-19)16-22(25)18-7-3-1-4-8-18/h1-14,20H,15-16H2. The van der Waals surface area contributed by atoms with Gasteiger partial charge < -0.3 is 0 Å². The van der Waals surface area contributed by atoms with Crippen LogP contribution in [0.25, 0.3) is 0 Å². The van der Waals surface area contributed by atoms with E-state index in [1.54, 1.807) is 36.4 Å². The van der Waals surface area contributed by atoms with Crippen molar-refractivity contribution in [2.24, 2.45) is 5.92 Å². The average Bonchev–Trinajstić information content (AvgIpc) is 2.70. The lowest BCUT2D eigenvalue weighted by molar-refractivity contribution is 0.0851. The number of ketones is 2. The second-order valence-electron chi connectivity index (χ2n) is 6.25. The number of Topliss-reactive ketones (excluding diaryl/α,β-unsaturated/α-hetero) is 2. The predicted octanol–water partition coefficient (Wildman–Crippen LogP) is 5.65. The minimum Gasteiger partial charge on any atom is -0.294 e. The average molecular weight is 363 g/mol. The first kappa shape index (κ1) is 18.1. The Labute approximate surface area is 158 Å². The second-order valence-corrected chi connectivity index (χ2v) is 6.69. The van der Waals surface area contributed by atoms with Gasteiger partial charge in [0.1, 0.15) is 0 Å². The van der Waals surface area contributed by atoms with E-state index in [0.717, 1.165) is 5.56 Å². The van der Waals surface area contributed by atoms with Crippen LogP contribution >= 0.6 is 11.6 Å². The van der Waals surface area contributed by atoms with Crippen molar-refractivity contribution in [2.75, 3.05) is 0 Å². The summed E-state index contributed by atoms with van der Waals surface area (Å²) >= 11 is 5.95. The zero-order valence-corrected chi connectivity index (χ0v) is 15.0. The van der Waals surface area contributed by atoms with Crippen LogP contribution in [0.5, 0.6) is 0 Å². The Morgan fingerprint density at radius 1 is 0.731 bits per heavy atom. The third-order valence-corrected chi connectivity index (χ3v) is 4.60. The monoisotopic (exact) mass is 362 g/mol. The summed E-state index contributed by atoms with van der Waals surface area (Å²) in [4.78, 5) is 25.7. The topological polar surface area (TPSA) is 34.1 Å². The number of carbonyl (C=O) groups excluding carboxylic acids is 2. The lowest BCUT2D eigenvalue weighted by Crippen LogP contribution is -2.21. The van der Waals surface area contributed by atoms with E-state index in [1.165, 1.54) is 0 Å². The van der Waals surface area contributed by atoms with Crippen LogP contribution in [0.2, 0.25) is 5.02 Å². The molecule has 0 aliphatic carbocycles. The van der Waals surface area contributed by atoms with Crippen LogP contribution < -0.4 is 0 Å². The van der Waals surface area contributed by atoms with E-state index in [0.29, 0.717) is 22.6 Å². The molecule has 0 radical (unpaired) electrons. The van der Waals surface area contributed by atoms with Crippen molar-refractivity contribution in [3.05, 3.63) is 107 Å². The van der Waals surface area contributed by atoms with Gasteiger partial charge in [-0.1, -0.05) is 84.4 Å². The maximum Gasteiger partial charge on any atom is 0.166 e. The molecular weight excluding hydrogens is 344 g/mol. The highest BCUT2D eigenvalue weighted by atomic mass is 35.5. The molecule has 0 heterocycles. The van der Waals surface area contributed by atoms with Crippen molar-refractivity contribution < 1.29 is 9.59 Å². The quantitative estimate of drug-likeness (QED) is 0.508. The number of hydrogen-bond donors (Lipinski definition) is 0. The van der Waals surface area contributed by atoms with Gasteiger partial charge in [-0.3, -0.25) is 9.59 Å². The minimum absolute atomic E-state index is 0.00942. The summed E-state index contributed by atoms with van der Waals surface area (Å²) in [6.07, 6.45) is 0.684. The highest BCUT2D eigenvalue weighted by Gasteiger charge is 2.24. The van der Waals surface area contributed by atoms with Gasteiger partial charge in [0.15, 0.2) is 11.6 Å². The highest BCUT2D eigenvalue weighted by Crippen LogP contribution is 2.22. The van der Waals surface area contributed by atoms with Gasteiger partial charge in [-0.2, -0.15) is 0 Å². The fourth-order valence-corrected chi connectivity index (χ4v) is 3.09. The van der Waals surface area contributed by atoms with Crippen LogP contribution in [0.4, 0.5) is 0 Å². The summed E-state index contributed by atoms with van der Waals surface area (Å²) in [6.45, 7) is 0. The molecule has 3 aromatic carbocycles. The van der Waals surface area contributed by atoms with Gasteiger partial charge >= 0.3 is 0 Å². The SMILES string of the molecule is O=C(CC(Cc1ccc(Cl)cc1)C(=O)c1ccccc1)c1ccccc1. The first-order valence-electron chi connectivity index (χ1n) is 8.55. The maximum absolute atomic E-state index is 13.0. The van der Waals surface area contributed by atoms with Gasteiger partial charge in [0.2, 0.25) is 0 Å². The molecule has 3 rings (SSSR count). The highest BCUT2D eigenvalue weighted by molar-refractivity contribution is 6.30. The molecule has 0 spiro atoms. The van der Waals surface area contributed by atoms with Crippen LogP contribution in [-0.4, -0.2) is 11.6 Å². The fraction of sp³-hybridized carbons (Fsp3) is 0.130. The molecule has 3 heteroatoms. The Morgan fingerprint density at radius 3 is 1.85 bits per heavy atom. The van der Waals surface area contributed by atoms with Gasteiger partial charge in [0, 0.05) is 28.5 Å². The molecule has 0 aromatic heterocycles. The molecule has 0 fully saturated rings. The van der Waals surface area contributed by atoms with Crippen LogP contribution in [0, 0.1) is 5.92 Å². The van der Waals surface area contributed by atoms with Gasteiger partial charge in [0.25, 0.3) is 0 Å². The Balaban J connectivity index is 1.84. The van der Waals surface area contributed by atoms with E-state index in [-0.39, 0.29) is 18.0 Å². The molecule has 0 amide bonds. The third-order valence-electron chi connectivity index (χ3n) is 4.35.